The highest BCUT2D eigenvalue weighted by molar-refractivity contribution is 5.66. The van der Waals surface area contributed by atoms with E-state index in [1.807, 2.05) is 0 Å². The smallest absolute Gasteiger partial charge is 0.303 e. The molecular weight excluding hydrogens is 117 g/mol. The van der Waals surface area contributed by atoms with Crippen LogP contribution in [-0.2, 0) is 4.79 Å². The van der Waals surface area contributed by atoms with E-state index in [0.29, 0.717) is 6.42 Å². The monoisotopic (exact) mass is 128 g/mol. The number of rotatable bonds is 4. The Hall–Kier alpha value is -0.830. The van der Waals surface area contributed by atoms with Crippen molar-refractivity contribution >= 4 is 5.97 Å². The molecule has 0 saturated carbocycles. The summed E-state index contributed by atoms with van der Waals surface area (Å²) in [7, 11) is 0. The highest BCUT2D eigenvalue weighted by Crippen LogP contribution is 1.93. The molecule has 0 spiro atoms. The van der Waals surface area contributed by atoms with Gasteiger partial charge in [0.1, 0.15) is 0 Å². The van der Waals surface area contributed by atoms with Crippen molar-refractivity contribution in [1.82, 2.24) is 0 Å². The average molecular weight is 128 g/mol. The van der Waals surface area contributed by atoms with E-state index in [2.05, 4.69) is 6.58 Å². The van der Waals surface area contributed by atoms with E-state index in [1.54, 1.807) is 6.08 Å². The number of carboxylic acids is 1. The Balaban J connectivity index is 3.26. The van der Waals surface area contributed by atoms with Crippen LogP contribution in [0.5, 0.6) is 0 Å². The number of hydrogen-bond acceptors (Lipinski definition) is 2. The minimum atomic E-state index is -0.813. The Morgan fingerprint density at radius 1 is 1.89 bits per heavy atom. The molecule has 0 aliphatic heterocycles. The van der Waals surface area contributed by atoms with E-state index in [1.165, 1.54) is 0 Å². The van der Waals surface area contributed by atoms with E-state index in [4.69, 9.17) is 10.8 Å². The van der Waals surface area contributed by atoms with Crippen molar-refractivity contribution in [2.45, 2.75) is 18.9 Å². The molecule has 0 saturated heterocycles. The van der Waals surface area contributed by atoms with Gasteiger partial charge in [-0.3, -0.25) is 4.79 Å². The van der Waals surface area contributed by atoms with Crippen LogP contribution in [0.2, 0.25) is 0 Å². The molecule has 0 aromatic heterocycles. The van der Waals surface area contributed by atoms with Gasteiger partial charge >= 0.3 is 5.97 Å². The Labute approximate surface area is 54.2 Å². The van der Waals surface area contributed by atoms with Gasteiger partial charge in [-0.05, 0) is 6.42 Å². The van der Waals surface area contributed by atoms with E-state index >= 15 is 0 Å². The quantitative estimate of drug-likeness (QED) is 0.537. The van der Waals surface area contributed by atoms with Gasteiger partial charge in [0.15, 0.2) is 0 Å². The van der Waals surface area contributed by atoms with Crippen molar-refractivity contribution in [2.24, 2.45) is 5.73 Å². The normalized spacial score (nSPS) is 12.6. The van der Waals surface area contributed by atoms with Crippen LogP contribution in [0.25, 0.3) is 0 Å². The summed E-state index contributed by atoms with van der Waals surface area (Å²) in [6.45, 7) is 3.42. The first kappa shape index (κ1) is 8.17. The molecule has 0 aromatic carbocycles. The molecule has 0 fully saturated rings. The van der Waals surface area contributed by atoms with E-state index in [0.717, 1.165) is 0 Å². The van der Waals surface area contributed by atoms with Crippen LogP contribution >= 0.6 is 0 Å². The zero-order chi connectivity index (χ0) is 7.28. The van der Waals surface area contributed by atoms with Gasteiger partial charge in [-0.25, -0.2) is 0 Å². The molecule has 3 nitrogen and oxygen atoms in total. The fourth-order valence-corrected chi connectivity index (χ4v) is 0.408. The summed E-state index contributed by atoms with van der Waals surface area (Å²) >= 11 is 0. The predicted octanol–water partition coefficient (Wildman–Crippen LogP) is 0.365. The van der Waals surface area contributed by atoms with Crippen LogP contribution in [-0.4, -0.2) is 17.1 Å². The Bertz CT molecular complexity index is 112. The summed E-state index contributed by atoms with van der Waals surface area (Å²) in [6.07, 6.45) is 2.13. The first-order valence-electron chi connectivity index (χ1n) is 2.76. The Morgan fingerprint density at radius 2 is 2.44 bits per heavy atom. The lowest BCUT2D eigenvalue weighted by atomic mass is 9.96. The lowest BCUT2D eigenvalue weighted by molar-refractivity contribution is -0.137. The summed E-state index contributed by atoms with van der Waals surface area (Å²) in [5.74, 6) is -0.813. The first-order valence-corrected chi connectivity index (χ1v) is 2.76. The topological polar surface area (TPSA) is 63.3 Å². The van der Waals surface area contributed by atoms with Gasteiger partial charge in [-0.15, -0.1) is 6.58 Å². The Morgan fingerprint density at radius 3 is 2.78 bits per heavy atom. The largest absolute Gasteiger partial charge is 0.481 e. The first-order chi connectivity index (χ1) is 4.16. The van der Waals surface area contributed by atoms with Crippen LogP contribution in [0.15, 0.2) is 12.7 Å². The van der Waals surface area contributed by atoms with Gasteiger partial charge in [0.05, 0.1) is 0 Å². The molecule has 0 rings (SSSR count). The lowest BCUT2D eigenvalue weighted by Gasteiger charge is -2.00. The van der Waals surface area contributed by atoms with Crippen molar-refractivity contribution < 1.29 is 9.90 Å². The molecule has 1 unspecified atom stereocenters. The molecule has 3 N–H and O–H groups in total. The average Bonchev–Trinajstić information content (AvgIpc) is 1.83. The summed E-state index contributed by atoms with van der Waals surface area (Å²) in [5.41, 5.74) is 5.34. The molecule has 0 amide bonds. The molecule has 3 heteroatoms. The van der Waals surface area contributed by atoms with Gasteiger partial charge in [-0.1, -0.05) is 6.08 Å². The SMILES string of the molecule is C=CC(N)CC[11C](=O)O. The van der Waals surface area contributed by atoms with Gasteiger partial charge < -0.3 is 10.8 Å². The Kier molecular flexibility index (Phi) is 3.71. The molecule has 0 aliphatic rings. The summed E-state index contributed by atoms with van der Waals surface area (Å²) in [6, 6.07) is -0.180. The van der Waals surface area contributed by atoms with E-state index in [-0.39, 0.29) is 12.5 Å². The molecular formula is C6H11NO2. The molecule has 0 aromatic rings. The lowest BCUT2D eigenvalue weighted by Crippen LogP contribution is -2.17. The maximum Gasteiger partial charge on any atom is 0.303 e. The molecule has 0 radical (unpaired) electrons. The molecule has 0 heterocycles. The summed E-state index contributed by atoms with van der Waals surface area (Å²) in [5, 5.41) is 8.17. The van der Waals surface area contributed by atoms with Crippen molar-refractivity contribution in [3.05, 3.63) is 12.7 Å². The van der Waals surface area contributed by atoms with Crippen LogP contribution in [0, 0.1) is 0 Å². The maximum absolute atomic E-state index is 9.93. The maximum atomic E-state index is 9.93. The highest BCUT2D eigenvalue weighted by Gasteiger charge is 1.99. The van der Waals surface area contributed by atoms with Crippen LogP contribution in [0.4, 0.5) is 0 Å². The van der Waals surface area contributed by atoms with Crippen molar-refractivity contribution in [1.29, 1.82) is 0 Å². The number of aliphatic carboxylic acids is 1. The zero-order valence-electron chi connectivity index (χ0n) is 5.21. The third-order valence-corrected chi connectivity index (χ3v) is 0.994. The van der Waals surface area contributed by atoms with Crippen molar-refractivity contribution in [3.63, 3.8) is 0 Å². The number of hydrogen-bond donors (Lipinski definition) is 2. The standard InChI is InChI=1S/C6H11NO2/c1-2-5(7)3-4-6(8)9/h2,5H,1,3-4,7H2,(H,8,9)/i6-1. The van der Waals surface area contributed by atoms with Gasteiger partial charge in [0.2, 0.25) is 0 Å². The van der Waals surface area contributed by atoms with Crippen molar-refractivity contribution in [2.75, 3.05) is 0 Å². The van der Waals surface area contributed by atoms with Crippen LogP contribution in [0.1, 0.15) is 12.8 Å². The zero-order valence-corrected chi connectivity index (χ0v) is 5.21. The van der Waals surface area contributed by atoms with Crippen LogP contribution in [0.3, 0.4) is 0 Å². The van der Waals surface area contributed by atoms with Crippen molar-refractivity contribution in [3.8, 4) is 0 Å². The van der Waals surface area contributed by atoms with Gasteiger partial charge in [0, 0.05) is 12.5 Å². The molecule has 0 aliphatic carbocycles. The molecule has 0 bridgehead atoms. The number of carbonyl (C=O) groups is 1. The summed E-state index contributed by atoms with van der Waals surface area (Å²) < 4.78 is 0. The minimum absolute atomic E-state index is 0.118. The second kappa shape index (κ2) is 4.09. The number of nitrogens with two attached hydrogens (primary N) is 1. The number of carboxylic acid groups (broad SMARTS) is 1. The molecule has 52 valence electrons. The molecule has 1 atom stereocenters. The van der Waals surface area contributed by atoms with Crippen LogP contribution < -0.4 is 5.73 Å². The van der Waals surface area contributed by atoms with E-state index < -0.39 is 5.97 Å². The third kappa shape index (κ3) is 5.03. The second-order valence-electron chi connectivity index (χ2n) is 1.83. The fourth-order valence-electron chi connectivity index (χ4n) is 0.408. The minimum Gasteiger partial charge on any atom is -0.481 e. The third-order valence-electron chi connectivity index (χ3n) is 0.994. The fraction of sp³-hybridized carbons (Fsp3) is 0.500. The molecule has 9 heavy (non-hydrogen) atoms. The van der Waals surface area contributed by atoms with Gasteiger partial charge in [0.25, 0.3) is 0 Å². The predicted molar refractivity (Wildman–Crippen MR) is 35.0 cm³/mol. The van der Waals surface area contributed by atoms with Gasteiger partial charge in [-0.2, -0.15) is 0 Å². The summed E-state index contributed by atoms with van der Waals surface area (Å²) in [4.78, 5) is 9.93. The second-order valence-corrected chi connectivity index (χ2v) is 1.83. The highest BCUT2D eigenvalue weighted by atomic mass is 16.3. The van der Waals surface area contributed by atoms with E-state index in [9.17, 15) is 4.79 Å².